The molecule has 2 nitrogen and oxygen atoms in total. The molecule has 1 aromatic carbocycles. The summed E-state index contributed by atoms with van der Waals surface area (Å²) < 4.78 is 0. The molecule has 0 unspecified atom stereocenters. The van der Waals surface area contributed by atoms with E-state index in [1.165, 1.54) is 32.1 Å². The summed E-state index contributed by atoms with van der Waals surface area (Å²) >= 11 is 0. The van der Waals surface area contributed by atoms with Crippen LogP contribution >= 0.6 is 0 Å². The van der Waals surface area contributed by atoms with Gasteiger partial charge in [-0.15, -0.1) is 0 Å². The van der Waals surface area contributed by atoms with Crippen molar-refractivity contribution >= 4 is 5.78 Å². The highest BCUT2D eigenvalue weighted by Gasteiger charge is 2.03. The molecule has 1 N–H and O–H groups in total. The molecule has 100 valence electrons. The van der Waals surface area contributed by atoms with Crippen molar-refractivity contribution in [1.82, 2.24) is 0 Å². The quantitative estimate of drug-likeness (QED) is 0.663. The van der Waals surface area contributed by atoms with Crippen LogP contribution in [0.25, 0.3) is 0 Å². The minimum absolute atomic E-state index is 0.252. The van der Waals surface area contributed by atoms with Crippen molar-refractivity contribution in [2.24, 2.45) is 0 Å². The van der Waals surface area contributed by atoms with Gasteiger partial charge in [-0.1, -0.05) is 51.2 Å². The fourth-order valence-electron chi connectivity index (χ4n) is 2.03. The van der Waals surface area contributed by atoms with Crippen LogP contribution < -0.4 is 0 Å². The van der Waals surface area contributed by atoms with Crippen LogP contribution in [-0.4, -0.2) is 10.9 Å². The van der Waals surface area contributed by atoms with Gasteiger partial charge in [-0.25, -0.2) is 0 Å². The van der Waals surface area contributed by atoms with Gasteiger partial charge in [0.25, 0.3) is 0 Å². The molecule has 0 heterocycles. The zero-order chi connectivity index (χ0) is 13.2. The van der Waals surface area contributed by atoms with Crippen LogP contribution in [0.1, 0.15) is 57.4 Å². The third kappa shape index (κ3) is 6.43. The SMILES string of the molecule is CCCCCCCCC(=O)Cc1ccc(O)cc1. The molecular weight excluding hydrogens is 224 g/mol. The second kappa shape index (κ2) is 8.73. The van der Waals surface area contributed by atoms with Crippen LogP contribution in [-0.2, 0) is 11.2 Å². The minimum Gasteiger partial charge on any atom is -0.508 e. The Balaban J connectivity index is 2.12. The number of Topliss-reactive ketones (excluding diaryl/α,β-unsaturated/α-hetero) is 1. The summed E-state index contributed by atoms with van der Waals surface area (Å²) in [7, 11) is 0. The van der Waals surface area contributed by atoms with Gasteiger partial charge in [0.2, 0.25) is 0 Å². The van der Waals surface area contributed by atoms with E-state index in [9.17, 15) is 4.79 Å². The molecule has 0 aromatic heterocycles. The lowest BCUT2D eigenvalue weighted by Gasteiger charge is -2.02. The van der Waals surface area contributed by atoms with Crippen LogP contribution in [0.2, 0.25) is 0 Å². The van der Waals surface area contributed by atoms with Crippen molar-refractivity contribution in [2.75, 3.05) is 0 Å². The van der Waals surface area contributed by atoms with Gasteiger partial charge in [0, 0.05) is 12.8 Å². The summed E-state index contributed by atoms with van der Waals surface area (Å²) in [4.78, 5) is 11.7. The number of aromatic hydroxyl groups is 1. The lowest BCUT2D eigenvalue weighted by molar-refractivity contribution is -0.118. The van der Waals surface area contributed by atoms with Gasteiger partial charge in [0.05, 0.1) is 0 Å². The Hall–Kier alpha value is -1.31. The van der Waals surface area contributed by atoms with Gasteiger partial charge in [0.15, 0.2) is 0 Å². The molecule has 18 heavy (non-hydrogen) atoms. The highest BCUT2D eigenvalue weighted by Crippen LogP contribution is 2.12. The predicted molar refractivity (Wildman–Crippen MR) is 74.8 cm³/mol. The minimum atomic E-state index is 0.252. The molecule has 0 radical (unpaired) electrons. The number of unbranched alkanes of at least 4 members (excludes halogenated alkanes) is 5. The van der Waals surface area contributed by atoms with E-state index >= 15 is 0 Å². The monoisotopic (exact) mass is 248 g/mol. The fraction of sp³-hybridized carbons (Fsp3) is 0.562. The summed E-state index contributed by atoms with van der Waals surface area (Å²) in [5.74, 6) is 0.554. The van der Waals surface area contributed by atoms with Gasteiger partial charge in [0.1, 0.15) is 11.5 Å². The lowest BCUT2D eigenvalue weighted by Crippen LogP contribution is -2.02. The normalized spacial score (nSPS) is 10.5. The van der Waals surface area contributed by atoms with Crippen molar-refractivity contribution in [3.05, 3.63) is 29.8 Å². The molecule has 0 aliphatic rings. The molecular formula is C16H24O2. The maximum atomic E-state index is 11.7. The number of ketones is 1. The lowest BCUT2D eigenvalue weighted by atomic mass is 10.0. The van der Waals surface area contributed by atoms with Crippen LogP contribution in [0, 0.1) is 0 Å². The summed E-state index contributed by atoms with van der Waals surface area (Å²) in [5.41, 5.74) is 0.990. The first kappa shape index (κ1) is 14.7. The molecule has 0 saturated heterocycles. The highest BCUT2D eigenvalue weighted by molar-refractivity contribution is 5.80. The number of phenols is 1. The van der Waals surface area contributed by atoms with Crippen molar-refractivity contribution in [3.8, 4) is 5.75 Å². The maximum absolute atomic E-state index is 11.7. The number of benzene rings is 1. The van der Waals surface area contributed by atoms with E-state index in [1.807, 2.05) is 12.1 Å². The summed E-state index contributed by atoms with van der Waals surface area (Å²) in [6.07, 6.45) is 8.48. The predicted octanol–water partition coefficient (Wildman–Crippen LogP) is 4.25. The Bertz CT molecular complexity index is 341. The third-order valence-electron chi connectivity index (χ3n) is 3.15. The Kier molecular flexibility index (Phi) is 7.16. The van der Waals surface area contributed by atoms with Crippen molar-refractivity contribution in [1.29, 1.82) is 0 Å². The molecule has 0 aliphatic carbocycles. The van der Waals surface area contributed by atoms with Gasteiger partial charge in [-0.3, -0.25) is 4.79 Å². The number of carbonyl (C=O) groups excluding carboxylic acids is 1. The molecule has 1 aromatic rings. The fourth-order valence-corrected chi connectivity index (χ4v) is 2.03. The number of hydrogen-bond donors (Lipinski definition) is 1. The molecule has 0 fully saturated rings. The van der Waals surface area contributed by atoms with E-state index in [-0.39, 0.29) is 5.75 Å². The van der Waals surface area contributed by atoms with Gasteiger partial charge in [-0.2, -0.15) is 0 Å². The standard InChI is InChI=1S/C16H24O2/c1-2-3-4-5-6-7-8-16(18)13-14-9-11-15(17)12-10-14/h9-12,17H,2-8,13H2,1H3. The molecule has 0 saturated carbocycles. The first-order valence-corrected chi connectivity index (χ1v) is 7.02. The van der Waals surface area contributed by atoms with Crippen molar-refractivity contribution < 1.29 is 9.90 Å². The van der Waals surface area contributed by atoms with E-state index in [0.717, 1.165) is 12.0 Å². The van der Waals surface area contributed by atoms with E-state index in [0.29, 0.717) is 18.6 Å². The Morgan fingerprint density at radius 2 is 1.61 bits per heavy atom. The molecule has 0 aliphatic heterocycles. The third-order valence-corrected chi connectivity index (χ3v) is 3.15. The van der Waals surface area contributed by atoms with Crippen molar-refractivity contribution in [3.63, 3.8) is 0 Å². The largest absolute Gasteiger partial charge is 0.508 e. The number of rotatable bonds is 9. The van der Waals surface area contributed by atoms with E-state index in [1.54, 1.807) is 12.1 Å². The van der Waals surface area contributed by atoms with Gasteiger partial charge >= 0.3 is 0 Å². The zero-order valence-electron chi connectivity index (χ0n) is 11.3. The van der Waals surface area contributed by atoms with Crippen LogP contribution in [0.5, 0.6) is 5.75 Å². The van der Waals surface area contributed by atoms with E-state index < -0.39 is 0 Å². The Morgan fingerprint density at radius 1 is 1.00 bits per heavy atom. The smallest absolute Gasteiger partial charge is 0.137 e. The second-order valence-electron chi connectivity index (χ2n) is 4.90. The zero-order valence-corrected chi connectivity index (χ0v) is 11.3. The average molecular weight is 248 g/mol. The molecule has 2 heteroatoms. The molecule has 0 amide bonds. The first-order valence-electron chi connectivity index (χ1n) is 7.02. The van der Waals surface area contributed by atoms with E-state index in [2.05, 4.69) is 6.92 Å². The first-order chi connectivity index (χ1) is 8.72. The molecule has 0 atom stereocenters. The van der Waals surface area contributed by atoms with Gasteiger partial charge in [-0.05, 0) is 24.1 Å². The number of phenolic OH excluding ortho intramolecular Hbond substituents is 1. The Labute approximate surface area is 110 Å². The summed E-state index contributed by atoms with van der Waals surface area (Å²) in [6, 6.07) is 6.89. The van der Waals surface area contributed by atoms with Crippen LogP contribution in [0.15, 0.2) is 24.3 Å². The second-order valence-corrected chi connectivity index (χ2v) is 4.90. The summed E-state index contributed by atoms with van der Waals surface area (Å²) in [5, 5.41) is 9.15. The topological polar surface area (TPSA) is 37.3 Å². The van der Waals surface area contributed by atoms with Gasteiger partial charge < -0.3 is 5.11 Å². The molecule has 0 spiro atoms. The van der Waals surface area contributed by atoms with E-state index in [4.69, 9.17) is 5.11 Å². The molecule has 1 rings (SSSR count). The summed E-state index contributed by atoms with van der Waals surface area (Å²) in [6.45, 7) is 2.21. The number of hydrogen-bond acceptors (Lipinski definition) is 2. The average Bonchev–Trinajstić information content (AvgIpc) is 2.36. The van der Waals surface area contributed by atoms with Crippen LogP contribution in [0.3, 0.4) is 0 Å². The number of carbonyl (C=O) groups is 1. The van der Waals surface area contributed by atoms with Crippen LogP contribution in [0.4, 0.5) is 0 Å². The maximum Gasteiger partial charge on any atom is 0.137 e. The highest BCUT2D eigenvalue weighted by atomic mass is 16.3. The Morgan fingerprint density at radius 3 is 2.28 bits per heavy atom. The van der Waals surface area contributed by atoms with Crippen molar-refractivity contribution in [2.45, 2.75) is 58.3 Å². The molecule has 0 bridgehead atoms.